The van der Waals surface area contributed by atoms with Gasteiger partial charge in [0.25, 0.3) is 5.69 Å². The third-order valence-corrected chi connectivity index (χ3v) is 7.35. The van der Waals surface area contributed by atoms with Crippen molar-refractivity contribution < 1.29 is 4.92 Å². The van der Waals surface area contributed by atoms with Crippen LogP contribution in [0.5, 0.6) is 0 Å². The topological polar surface area (TPSA) is 96.1 Å². The molecule has 0 bridgehead atoms. The molecular formula is C27H23N7O2S. The molecule has 0 saturated carbocycles. The molecule has 0 radical (unpaired) electrons. The average molecular weight is 510 g/mol. The van der Waals surface area contributed by atoms with E-state index in [1.54, 1.807) is 38.9 Å². The Morgan fingerprint density at radius 3 is 2.38 bits per heavy atom. The number of rotatable bonds is 5. The van der Waals surface area contributed by atoms with Crippen LogP contribution in [0.25, 0.3) is 38.9 Å². The zero-order valence-electron chi connectivity index (χ0n) is 20.7. The number of thiophene rings is 1. The molecule has 0 spiro atoms. The summed E-state index contributed by atoms with van der Waals surface area (Å²) in [6.45, 7) is 8.06. The lowest BCUT2D eigenvalue weighted by molar-refractivity contribution is -0.384. The van der Waals surface area contributed by atoms with Crippen LogP contribution in [0.15, 0.2) is 66.2 Å². The molecule has 5 aromatic heterocycles. The standard InChI is InChI=1S/C27H23N7O2S/c1-16-12-19(4)32(29-16)24-15-28-25-14-22(27-23(10-11-37-27)31-17(2)8-9-18(31)3)30-33(25)26(24)20-6-5-7-21(13-20)34(35)36/h5-15H,1-4H3. The molecule has 37 heavy (non-hydrogen) atoms. The highest BCUT2D eigenvalue weighted by molar-refractivity contribution is 7.14. The first-order valence-electron chi connectivity index (χ1n) is 11.7. The van der Waals surface area contributed by atoms with E-state index in [9.17, 15) is 10.1 Å². The molecule has 0 N–H and O–H groups in total. The van der Waals surface area contributed by atoms with Crippen LogP contribution in [0.1, 0.15) is 22.8 Å². The normalized spacial score (nSPS) is 11.5. The lowest BCUT2D eigenvalue weighted by Gasteiger charge is -2.13. The Labute approximate surface area is 216 Å². The van der Waals surface area contributed by atoms with Crippen molar-refractivity contribution >= 4 is 22.7 Å². The second-order valence-corrected chi connectivity index (χ2v) is 9.94. The lowest BCUT2D eigenvalue weighted by Crippen LogP contribution is -2.08. The SMILES string of the molecule is Cc1cc(C)n(-c2cnc3cc(-c4sccc4-n4c(C)ccc4C)nn3c2-c2cccc([N+](=O)[O-])c2)n1. The Morgan fingerprint density at radius 1 is 0.892 bits per heavy atom. The fourth-order valence-electron chi connectivity index (χ4n) is 4.82. The number of nitrogens with zero attached hydrogens (tertiary/aromatic N) is 7. The lowest BCUT2D eigenvalue weighted by atomic mass is 10.1. The van der Waals surface area contributed by atoms with Crippen molar-refractivity contribution in [1.29, 1.82) is 0 Å². The van der Waals surface area contributed by atoms with Crippen LogP contribution in [0.2, 0.25) is 0 Å². The van der Waals surface area contributed by atoms with Gasteiger partial charge in [-0.25, -0.2) is 14.2 Å². The summed E-state index contributed by atoms with van der Waals surface area (Å²) in [5.41, 5.74) is 8.59. The smallest absolute Gasteiger partial charge is 0.270 e. The number of nitro benzene ring substituents is 1. The van der Waals surface area contributed by atoms with Gasteiger partial charge < -0.3 is 4.57 Å². The second-order valence-electron chi connectivity index (χ2n) is 9.02. The summed E-state index contributed by atoms with van der Waals surface area (Å²) in [5, 5.41) is 23.3. The molecule has 0 aliphatic heterocycles. The van der Waals surface area contributed by atoms with E-state index in [2.05, 4.69) is 47.1 Å². The minimum atomic E-state index is -0.390. The van der Waals surface area contributed by atoms with Crippen molar-refractivity contribution in [3.05, 3.63) is 99.1 Å². The van der Waals surface area contributed by atoms with Gasteiger partial charge in [0.05, 0.1) is 27.4 Å². The van der Waals surface area contributed by atoms with E-state index in [-0.39, 0.29) is 10.6 Å². The number of aromatic nitrogens is 6. The van der Waals surface area contributed by atoms with Crippen LogP contribution in [-0.4, -0.2) is 33.9 Å². The molecule has 6 rings (SSSR count). The highest BCUT2D eigenvalue weighted by Gasteiger charge is 2.21. The van der Waals surface area contributed by atoms with E-state index in [1.165, 1.54) is 6.07 Å². The van der Waals surface area contributed by atoms with Crippen molar-refractivity contribution in [2.24, 2.45) is 0 Å². The quantitative estimate of drug-likeness (QED) is 0.202. The van der Waals surface area contributed by atoms with Gasteiger partial charge in [0.1, 0.15) is 17.1 Å². The number of aryl methyl sites for hydroxylation is 4. The summed E-state index contributed by atoms with van der Waals surface area (Å²) in [7, 11) is 0. The molecule has 0 amide bonds. The zero-order valence-corrected chi connectivity index (χ0v) is 21.5. The average Bonchev–Trinajstić information content (AvgIpc) is 3.64. The van der Waals surface area contributed by atoms with E-state index >= 15 is 0 Å². The van der Waals surface area contributed by atoms with Gasteiger partial charge in [-0.15, -0.1) is 11.3 Å². The number of benzene rings is 1. The molecule has 10 heteroatoms. The highest BCUT2D eigenvalue weighted by atomic mass is 32.1. The predicted molar refractivity (Wildman–Crippen MR) is 144 cm³/mol. The maximum absolute atomic E-state index is 11.6. The van der Waals surface area contributed by atoms with Crippen LogP contribution < -0.4 is 0 Å². The molecule has 0 fully saturated rings. The Hall–Kier alpha value is -4.57. The van der Waals surface area contributed by atoms with Gasteiger partial charge in [-0.2, -0.15) is 10.2 Å². The van der Waals surface area contributed by atoms with Crippen molar-refractivity contribution in [3.63, 3.8) is 0 Å². The summed E-state index contributed by atoms with van der Waals surface area (Å²) in [6.07, 6.45) is 1.75. The van der Waals surface area contributed by atoms with E-state index in [4.69, 9.17) is 10.1 Å². The van der Waals surface area contributed by atoms with Crippen molar-refractivity contribution in [2.75, 3.05) is 0 Å². The predicted octanol–water partition coefficient (Wildman–Crippen LogP) is 6.24. The molecule has 1 aromatic carbocycles. The molecule has 5 heterocycles. The molecule has 0 unspecified atom stereocenters. The molecule has 9 nitrogen and oxygen atoms in total. The minimum absolute atomic E-state index is 0.00765. The fraction of sp³-hybridized carbons (Fsp3) is 0.148. The maximum atomic E-state index is 11.6. The van der Waals surface area contributed by atoms with Gasteiger partial charge in [-0.05, 0) is 57.3 Å². The molecule has 0 saturated heterocycles. The molecule has 0 aliphatic rings. The zero-order chi connectivity index (χ0) is 25.8. The Morgan fingerprint density at radius 2 is 1.68 bits per heavy atom. The Kier molecular flexibility index (Phi) is 5.27. The summed E-state index contributed by atoms with van der Waals surface area (Å²) in [4.78, 5) is 16.9. The third kappa shape index (κ3) is 3.73. The molecular weight excluding hydrogens is 486 g/mol. The highest BCUT2D eigenvalue weighted by Crippen LogP contribution is 2.36. The maximum Gasteiger partial charge on any atom is 0.270 e. The van der Waals surface area contributed by atoms with Crippen LogP contribution >= 0.6 is 11.3 Å². The summed E-state index contributed by atoms with van der Waals surface area (Å²) < 4.78 is 5.78. The minimum Gasteiger partial charge on any atom is -0.317 e. The van der Waals surface area contributed by atoms with E-state index in [0.29, 0.717) is 22.6 Å². The van der Waals surface area contributed by atoms with Gasteiger partial charge in [0, 0.05) is 40.8 Å². The first-order chi connectivity index (χ1) is 17.8. The van der Waals surface area contributed by atoms with Gasteiger partial charge in [-0.1, -0.05) is 12.1 Å². The number of non-ortho nitro benzene ring substituents is 1. The number of nitro groups is 1. The van der Waals surface area contributed by atoms with Gasteiger partial charge >= 0.3 is 0 Å². The first kappa shape index (κ1) is 22.9. The number of hydrogen-bond donors (Lipinski definition) is 0. The van der Waals surface area contributed by atoms with Crippen molar-refractivity contribution in [2.45, 2.75) is 27.7 Å². The van der Waals surface area contributed by atoms with Crippen LogP contribution in [-0.2, 0) is 0 Å². The van der Waals surface area contributed by atoms with Crippen LogP contribution in [0, 0.1) is 37.8 Å². The third-order valence-electron chi connectivity index (χ3n) is 6.42. The number of hydrogen-bond acceptors (Lipinski definition) is 6. The monoisotopic (exact) mass is 509 g/mol. The van der Waals surface area contributed by atoms with Crippen molar-refractivity contribution in [3.8, 4) is 33.2 Å². The first-order valence-corrected chi connectivity index (χ1v) is 12.6. The molecule has 184 valence electrons. The summed E-state index contributed by atoms with van der Waals surface area (Å²) in [6, 6.07) is 16.8. The van der Waals surface area contributed by atoms with E-state index in [1.807, 2.05) is 32.0 Å². The Bertz CT molecular complexity index is 1800. The molecule has 0 aliphatic carbocycles. The van der Waals surface area contributed by atoms with E-state index < -0.39 is 0 Å². The van der Waals surface area contributed by atoms with Crippen molar-refractivity contribution in [1.82, 2.24) is 28.9 Å². The van der Waals surface area contributed by atoms with Crippen LogP contribution in [0.4, 0.5) is 5.69 Å². The largest absolute Gasteiger partial charge is 0.317 e. The van der Waals surface area contributed by atoms with Gasteiger partial charge in [0.2, 0.25) is 0 Å². The fourth-order valence-corrected chi connectivity index (χ4v) is 5.65. The summed E-state index contributed by atoms with van der Waals surface area (Å²) in [5.74, 6) is 0. The molecule has 6 aromatic rings. The number of fused-ring (bicyclic) bond motifs is 1. The Balaban J connectivity index is 1.62. The molecule has 0 atom stereocenters. The van der Waals surface area contributed by atoms with Crippen LogP contribution in [0.3, 0.4) is 0 Å². The van der Waals surface area contributed by atoms with Gasteiger partial charge in [-0.3, -0.25) is 10.1 Å². The van der Waals surface area contributed by atoms with Gasteiger partial charge in [0.15, 0.2) is 5.65 Å². The summed E-state index contributed by atoms with van der Waals surface area (Å²) >= 11 is 1.62. The van der Waals surface area contributed by atoms with E-state index in [0.717, 1.165) is 39.0 Å². The second kappa shape index (κ2) is 8.52.